The van der Waals surface area contributed by atoms with Gasteiger partial charge < -0.3 is 8.98 Å². The molecule has 1 aliphatic rings. The number of benzene rings is 1. The van der Waals surface area contributed by atoms with E-state index in [9.17, 15) is 0 Å². The van der Waals surface area contributed by atoms with Crippen molar-refractivity contribution in [2.24, 2.45) is 7.05 Å². The van der Waals surface area contributed by atoms with Gasteiger partial charge in [-0.3, -0.25) is 0 Å². The molecule has 0 atom stereocenters. The van der Waals surface area contributed by atoms with Gasteiger partial charge in [-0.05, 0) is 37.1 Å². The van der Waals surface area contributed by atoms with Crippen LogP contribution in [0.1, 0.15) is 30.5 Å². The second-order valence-electron chi connectivity index (χ2n) is 5.59. The van der Waals surface area contributed by atoms with Gasteiger partial charge in [0.05, 0.1) is 11.9 Å². The quantitative estimate of drug-likeness (QED) is 0.645. The Balaban J connectivity index is 1.44. The molecule has 0 spiro atoms. The van der Waals surface area contributed by atoms with E-state index >= 15 is 0 Å². The third-order valence-electron chi connectivity index (χ3n) is 3.82. The molecule has 0 saturated heterocycles. The molecule has 4 rings (SSSR count). The summed E-state index contributed by atoms with van der Waals surface area (Å²) in [5.41, 5.74) is 0.966. The molecule has 0 bridgehead atoms. The summed E-state index contributed by atoms with van der Waals surface area (Å²) < 4.78 is 7.88. The minimum Gasteiger partial charge on any atom is -0.440 e. The molecule has 0 radical (unpaired) electrons. The molecular weight excluding hydrogens is 332 g/mol. The molecule has 0 N–H and O–H groups in total. The maximum Gasteiger partial charge on any atom is 0.205 e. The van der Waals surface area contributed by atoms with Crippen LogP contribution in [0.5, 0.6) is 0 Å². The molecule has 7 heteroatoms. The predicted molar refractivity (Wildman–Crippen MR) is 89.5 cm³/mol. The Labute approximate surface area is 143 Å². The molecule has 1 fully saturated rings. The van der Waals surface area contributed by atoms with Crippen LogP contribution in [0.15, 0.2) is 40.0 Å². The van der Waals surface area contributed by atoms with Gasteiger partial charge in [-0.1, -0.05) is 23.4 Å². The van der Waals surface area contributed by atoms with Crippen LogP contribution >= 0.6 is 23.4 Å². The summed E-state index contributed by atoms with van der Waals surface area (Å²) in [5, 5.41) is 10.1. The van der Waals surface area contributed by atoms with E-state index in [0.29, 0.717) is 22.6 Å². The Morgan fingerprint density at radius 2 is 2.04 bits per heavy atom. The summed E-state index contributed by atoms with van der Waals surface area (Å²) in [6, 6.07) is 7.52. The number of hydrogen-bond acceptors (Lipinski definition) is 5. The number of thioether (sulfide) groups is 1. The molecule has 23 heavy (non-hydrogen) atoms. The maximum atomic E-state index is 5.90. The molecule has 2 heterocycles. The number of nitrogens with zero attached hydrogens (tertiary/aromatic N) is 4. The third-order valence-corrected chi connectivity index (χ3v) is 5.08. The van der Waals surface area contributed by atoms with Crippen molar-refractivity contribution in [1.82, 2.24) is 19.7 Å². The fraction of sp³-hybridized carbons (Fsp3) is 0.312. The smallest absolute Gasteiger partial charge is 0.205 e. The molecule has 1 saturated carbocycles. The van der Waals surface area contributed by atoms with Crippen LogP contribution in [0.4, 0.5) is 0 Å². The van der Waals surface area contributed by atoms with Gasteiger partial charge in [0.1, 0.15) is 5.82 Å². The first-order chi connectivity index (χ1) is 11.2. The molecular formula is C16H15ClN4OS. The topological polar surface area (TPSA) is 56.7 Å². The van der Waals surface area contributed by atoms with Crippen molar-refractivity contribution in [1.29, 1.82) is 0 Å². The second kappa shape index (κ2) is 6.02. The molecule has 118 valence electrons. The van der Waals surface area contributed by atoms with Crippen molar-refractivity contribution in [3.63, 3.8) is 0 Å². The highest BCUT2D eigenvalue weighted by molar-refractivity contribution is 7.98. The average Bonchev–Trinajstić information content (AvgIpc) is 3.17. The number of halogens is 1. The standard InChI is InChI=1S/C16H15ClN4OS/c1-21-15(11-2-3-11)19-20-16(21)23-9-14-18-8-13(22-14)10-4-6-12(17)7-5-10/h4-8,11H,2-3,9H2,1H3. The van der Waals surface area contributed by atoms with Gasteiger partial charge in [0.2, 0.25) is 5.89 Å². The largest absolute Gasteiger partial charge is 0.440 e. The number of hydrogen-bond donors (Lipinski definition) is 0. The molecule has 1 aromatic carbocycles. The van der Waals surface area contributed by atoms with E-state index in [0.717, 1.165) is 22.3 Å². The SMILES string of the molecule is Cn1c(SCc2ncc(-c3ccc(Cl)cc3)o2)nnc1C1CC1. The molecule has 1 aliphatic carbocycles. The van der Waals surface area contributed by atoms with Crippen LogP contribution < -0.4 is 0 Å². The van der Waals surface area contributed by atoms with E-state index in [1.807, 2.05) is 31.3 Å². The fourth-order valence-electron chi connectivity index (χ4n) is 2.40. The molecule has 3 aromatic rings. The highest BCUT2D eigenvalue weighted by Gasteiger charge is 2.29. The zero-order valence-corrected chi connectivity index (χ0v) is 14.1. The van der Waals surface area contributed by atoms with Crippen molar-refractivity contribution >= 4 is 23.4 Å². The Bertz CT molecular complexity index is 823. The van der Waals surface area contributed by atoms with E-state index in [2.05, 4.69) is 19.7 Å². The zero-order valence-electron chi connectivity index (χ0n) is 12.6. The van der Waals surface area contributed by atoms with Crippen molar-refractivity contribution in [2.75, 3.05) is 0 Å². The van der Waals surface area contributed by atoms with Gasteiger partial charge in [0, 0.05) is 23.6 Å². The van der Waals surface area contributed by atoms with Crippen molar-refractivity contribution < 1.29 is 4.42 Å². The van der Waals surface area contributed by atoms with Crippen LogP contribution in [0.3, 0.4) is 0 Å². The first kappa shape index (κ1) is 14.8. The van der Waals surface area contributed by atoms with Crippen molar-refractivity contribution in [2.45, 2.75) is 29.7 Å². The van der Waals surface area contributed by atoms with E-state index < -0.39 is 0 Å². The van der Waals surface area contributed by atoms with Crippen molar-refractivity contribution in [3.05, 3.63) is 47.2 Å². The Morgan fingerprint density at radius 1 is 1.26 bits per heavy atom. The first-order valence-electron chi connectivity index (χ1n) is 7.43. The lowest BCUT2D eigenvalue weighted by molar-refractivity contribution is 0.529. The average molecular weight is 347 g/mol. The van der Waals surface area contributed by atoms with Gasteiger partial charge in [-0.15, -0.1) is 10.2 Å². The van der Waals surface area contributed by atoms with E-state index in [-0.39, 0.29) is 0 Å². The van der Waals surface area contributed by atoms with Crippen LogP contribution in [-0.4, -0.2) is 19.7 Å². The van der Waals surface area contributed by atoms with Crippen LogP contribution in [0.25, 0.3) is 11.3 Å². The molecule has 5 nitrogen and oxygen atoms in total. The Kier molecular flexibility index (Phi) is 3.87. The van der Waals surface area contributed by atoms with E-state index in [4.69, 9.17) is 16.0 Å². The van der Waals surface area contributed by atoms with Crippen LogP contribution in [0, 0.1) is 0 Å². The predicted octanol–water partition coefficient (Wildman–Crippen LogP) is 4.29. The van der Waals surface area contributed by atoms with E-state index in [1.54, 1.807) is 18.0 Å². The van der Waals surface area contributed by atoms with Gasteiger partial charge in [0.15, 0.2) is 10.9 Å². The summed E-state index contributed by atoms with van der Waals surface area (Å²) in [6.45, 7) is 0. The van der Waals surface area contributed by atoms with Gasteiger partial charge in [-0.2, -0.15) is 0 Å². The number of rotatable bonds is 5. The third kappa shape index (κ3) is 3.14. The second-order valence-corrected chi connectivity index (χ2v) is 6.97. The molecule has 0 aliphatic heterocycles. The summed E-state index contributed by atoms with van der Waals surface area (Å²) >= 11 is 7.49. The van der Waals surface area contributed by atoms with Crippen molar-refractivity contribution in [3.8, 4) is 11.3 Å². The number of oxazole rings is 1. The maximum absolute atomic E-state index is 5.90. The summed E-state index contributed by atoms with van der Waals surface area (Å²) in [6.07, 6.45) is 4.19. The first-order valence-corrected chi connectivity index (χ1v) is 8.80. The highest BCUT2D eigenvalue weighted by Crippen LogP contribution is 2.39. The fourth-order valence-corrected chi connectivity index (χ4v) is 3.30. The molecule has 0 amide bonds. The van der Waals surface area contributed by atoms with E-state index in [1.165, 1.54) is 12.8 Å². The zero-order chi connectivity index (χ0) is 15.8. The Hall–Kier alpha value is -1.79. The summed E-state index contributed by atoms with van der Waals surface area (Å²) in [5.74, 6) is 3.73. The Morgan fingerprint density at radius 3 is 2.78 bits per heavy atom. The lowest BCUT2D eigenvalue weighted by atomic mass is 10.2. The van der Waals surface area contributed by atoms with Gasteiger partial charge in [0.25, 0.3) is 0 Å². The van der Waals surface area contributed by atoms with Crippen LogP contribution in [-0.2, 0) is 12.8 Å². The van der Waals surface area contributed by atoms with Crippen LogP contribution in [0.2, 0.25) is 5.02 Å². The lowest BCUT2D eigenvalue weighted by Crippen LogP contribution is -1.97. The normalized spacial score (nSPS) is 14.3. The lowest BCUT2D eigenvalue weighted by Gasteiger charge is -2.01. The minimum atomic E-state index is 0.597. The summed E-state index contributed by atoms with van der Waals surface area (Å²) in [4.78, 5) is 4.34. The van der Waals surface area contributed by atoms with Gasteiger partial charge >= 0.3 is 0 Å². The minimum absolute atomic E-state index is 0.597. The highest BCUT2D eigenvalue weighted by atomic mass is 35.5. The monoisotopic (exact) mass is 346 g/mol. The molecule has 0 unspecified atom stereocenters. The summed E-state index contributed by atoms with van der Waals surface area (Å²) in [7, 11) is 2.02. The molecule has 2 aromatic heterocycles. The van der Waals surface area contributed by atoms with Gasteiger partial charge in [-0.25, -0.2) is 4.98 Å². The number of aromatic nitrogens is 4.